The third-order valence-corrected chi connectivity index (χ3v) is 4.62. The molecule has 0 bridgehead atoms. The van der Waals surface area contributed by atoms with Crippen LogP contribution in [0.2, 0.25) is 0 Å². The third kappa shape index (κ3) is 6.40. The Morgan fingerprint density at radius 1 is 1.29 bits per heavy atom. The zero-order valence-corrected chi connectivity index (χ0v) is 14.5. The standard InChI is InChI=1S/C16H27N3OS/c1-16(2,21-5)12-19-15(17-3)18-11-14(20-4)13-9-7-6-8-10-13/h6-10,14H,11-12H2,1-5H3,(H2,17,18,19). The molecule has 1 aromatic rings. The van der Waals surface area contributed by atoms with E-state index in [1.807, 2.05) is 30.0 Å². The number of ether oxygens (including phenoxy) is 1. The molecule has 0 saturated carbocycles. The first-order valence-electron chi connectivity index (χ1n) is 7.10. The van der Waals surface area contributed by atoms with E-state index in [4.69, 9.17) is 4.74 Å². The second-order valence-electron chi connectivity index (χ2n) is 5.41. The predicted octanol–water partition coefficient (Wildman–Crippen LogP) is 2.68. The highest BCUT2D eigenvalue weighted by Crippen LogP contribution is 2.19. The van der Waals surface area contributed by atoms with Crippen molar-refractivity contribution < 1.29 is 4.74 Å². The first-order chi connectivity index (χ1) is 10.0. The van der Waals surface area contributed by atoms with E-state index in [9.17, 15) is 0 Å². The van der Waals surface area contributed by atoms with Gasteiger partial charge in [-0.25, -0.2) is 0 Å². The molecular weight excluding hydrogens is 282 g/mol. The van der Waals surface area contributed by atoms with Gasteiger partial charge in [-0.1, -0.05) is 30.3 Å². The maximum Gasteiger partial charge on any atom is 0.191 e. The number of aliphatic imine (C=N–C) groups is 1. The Labute approximate surface area is 132 Å². The minimum atomic E-state index is 0.0123. The van der Waals surface area contributed by atoms with Gasteiger partial charge in [-0.3, -0.25) is 4.99 Å². The summed E-state index contributed by atoms with van der Waals surface area (Å²) in [7, 11) is 3.51. The highest BCUT2D eigenvalue weighted by molar-refractivity contribution is 7.99. The lowest BCUT2D eigenvalue weighted by Crippen LogP contribution is -2.44. The second kappa shape index (κ2) is 8.95. The van der Waals surface area contributed by atoms with Gasteiger partial charge in [-0.2, -0.15) is 11.8 Å². The van der Waals surface area contributed by atoms with Crippen molar-refractivity contribution in [2.45, 2.75) is 24.7 Å². The van der Waals surface area contributed by atoms with Crippen molar-refractivity contribution in [2.24, 2.45) is 4.99 Å². The third-order valence-electron chi connectivity index (χ3n) is 3.37. The molecule has 1 unspecified atom stereocenters. The van der Waals surface area contributed by atoms with Crippen molar-refractivity contribution in [3.05, 3.63) is 35.9 Å². The SMILES string of the molecule is CN=C(NCC(OC)c1ccccc1)NCC(C)(C)SC. The quantitative estimate of drug-likeness (QED) is 0.600. The summed E-state index contributed by atoms with van der Waals surface area (Å²) in [6, 6.07) is 10.2. The van der Waals surface area contributed by atoms with Crippen LogP contribution in [0.1, 0.15) is 25.5 Å². The van der Waals surface area contributed by atoms with Gasteiger partial charge in [0.15, 0.2) is 5.96 Å². The maximum atomic E-state index is 5.55. The fourth-order valence-corrected chi connectivity index (χ4v) is 2.00. The van der Waals surface area contributed by atoms with Gasteiger partial charge < -0.3 is 15.4 Å². The minimum absolute atomic E-state index is 0.0123. The van der Waals surface area contributed by atoms with Gasteiger partial charge >= 0.3 is 0 Å². The molecule has 0 amide bonds. The Morgan fingerprint density at radius 3 is 2.48 bits per heavy atom. The average molecular weight is 309 g/mol. The van der Waals surface area contributed by atoms with E-state index in [0.29, 0.717) is 6.54 Å². The zero-order valence-electron chi connectivity index (χ0n) is 13.6. The molecule has 21 heavy (non-hydrogen) atoms. The molecule has 1 aromatic carbocycles. The zero-order chi connectivity index (χ0) is 15.7. The van der Waals surface area contributed by atoms with Crippen molar-refractivity contribution >= 4 is 17.7 Å². The molecule has 0 heterocycles. The average Bonchev–Trinajstić information content (AvgIpc) is 2.52. The predicted molar refractivity (Wildman–Crippen MR) is 93.2 cm³/mol. The number of hydrogen-bond donors (Lipinski definition) is 2. The summed E-state index contributed by atoms with van der Waals surface area (Å²) in [5, 5.41) is 6.67. The number of rotatable bonds is 7. The van der Waals surface area contributed by atoms with E-state index in [0.717, 1.165) is 18.1 Å². The fraction of sp³-hybridized carbons (Fsp3) is 0.562. The number of benzene rings is 1. The number of hydrogen-bond acceptors (Lipinski definition) is 3. The van der Waals surface area contributed by atoms with Crippen molar-refractivity contribution in [1.82, 2.24) is 10.6 Å². The van der Waals surface area contributed by atoms with Crippen LogP contribution in [-0.4, -0.2) is 44.2 Å². The largest absolute Gasteiger partial charge is 0.375 e. The van der Waals surface area contributed by atoms with Crippen LogP contribution >= 0.6 is 11.8 Å². The molecule has 0 spiro atoms. The molecule has 0 aromatic heterocycles. The van der Waals surface area contributed by atoms with E-state index in [1.165, 1.54) is 0 Å². The normalized spacial score (nSPS) is 13.9. The van der Waals surface area contributed by atoms with Gasteiger partial charge in [-0.05, 0) is 25.7 Å². The molecule has 0 radical (unpaired) electrons. The van der Waals surface area contributed by atoms with Gasteiger partial charge in [0, 0.05) is 32.0 Å². The van der Waals surface area contributed by atoms with E-state index in [1.54, 1.807) is 14.2 Å². The molecular formula is C16H27N3OS. The summed E-state index contributed by atoms with van der Waals surface area (Å²) < 4.78 is 5.73. The van der Waals surface area contributed by atoms with Crippen LogP contribution in [0, 0.1) is 0 Å². The second-order valence-corrected chi connectivity index (χ2v) is 6.92. The number of nitrogens with zero attached hydrogens (tertiary/aromatic N) is 1. The Morgan fingerprint density at radius 2 is 1.95 bits per heavy atom. The van der Waals surface area contributed by atoms with Crippen LogP contribution in [0.15, 0.2) is 35.3 Å². The number of nitrogens with one attached hydrogen (secondary N) is 2. The smallest absolute Gasteiger partial charge is 0.191 e. The van der Waals surface area contributed by atoms with Crippen LogP contribution in [0.5, 0.6) is 0 Å². The van der Waals surface area contributed by atoms with Crippen LogP contribution in [0.3, 0.4) is 0 Å². The van der Waals surface area contributed by atoms with Crippen molar-refractivity contribution in [1.29, 1.82) is 0 Å². The lowest BCUT2D eigenvalue weighted by atomic mass is 10.1. The monoisotopic (exact) mass is 309 g/mol. The van der Waals surface area contributed by atoms with Crippen LogP contribution < -0.4 is 10.6 Å². The van der Waals surface area contributed by atoms with Crippen LogP contribution in [0.25, 0.3) is 0 Å². The Hall–Kier alpha value is -1.20. The first-order valence-corrected chi connectivity index (χ1v) is 8.32. The van der Waals surface area contributed by atoms with Gasteiger partial charge in [0.25, 0.3) is 0 Å². The molecule has 5 heteroatoms. The molecule has 0 aliphatic heterocycles. The molecule has 4 nitrogen and oxygen atoms in total. The molecule has 1 rings (SSSR count). The molecule has 1 atom stereocenters. The number of thioether (sulfide) groups is 1. The maximum absolute atomic E-state index is 5.55. The first kappa shape index (κ1) is 17.9. The van der Waals surface area contributed by atoms with Crippen LogP contribution in [-0.2, 0) is 4.74 Å². The minimum Gasteiger partial charge on any atom is -0.375 e. The van der Waals surface area contributed by atoms with Crippen molar-refractivity contribution in [3.8, 4) is 0 Å². The van der Waals surface area contributed by atoms with E-state index in [-0.39, 0.29) is 10.9 Å². The summed E-state index contributed by atoms with van der Waals surface area (Å²) >= 11 is 1.84. The molecule has 0 aliphatic rings. The number of guanidine groups is 1. The molecule has 2 N–H and O–H groups in total. The van der Waals surface area contributed by atoms with Gasteiger partial charge in [0.1, 0.15) is 0 Å². The fourth-order valence-electron chi connectivity index (χ4n) is 1.78. The summed E-state index contributed by atoms with van der Waals surface area (Å²) in [5.41, 5.74) is 1.16. The lowest BCUT2D eigenvalue weighted by Gasteiger charge is -2.24. The molecule has 0 fully saturated rings. The van der Waals surface area contributed by atoms with Crippen molar-refractivity contribution in [3.63, 3.8) is 0 Å². The van der Waals surface area contributed by atoms with Crippen LogP contribution in [0.4, 0.5) is 0 Å². The molecule has 0 saturated heterocycles. The lowest BCUT2D eigenvalue weighted by molar-refractivity contribution is 0.106. The summed E-state index contributed by atoms with van der Waals surface area (Å²) in [5.74, 6) is 0.801. The summed E-state index contributed by atoms with van der Waals surface area (Å²) in [6.07, 6.45) is 2.13. The van der Waals surface area contributed by atoms with Crippen molar-refractivity contribution in [2.75, 3.05) is 33.5 Å². The van der Waals surface area contributed by atoms with E-state index >= 15 is 0 Å². The van der Waals surface area contributed by atoms with E-state index in [2.05, 4.69) is 47.9 Å². The topological polar surface area (TPSA) is 45.7 Å². The van der Waals surface area contributed by atoms with E-state index < -0.39 is 0 Å². The van der Waals surface area contributed by atoms with Gasteiger partial charge in [0.05, 0.1) is 6.10 Å². The van der Waals surface area contributed by atoms with Gasteiger partial charge in [-0.15, -0.1) is 0 Å². The summed E-state index contributed by atoms with van der Waals surface area (Å²) in [4.78, 5) is 4.25. The van der Waals surface area contributed by atoms with Gasteiger partial charge in [0.2, 0.25) is 0 Å². The highest BCUT2D eigenvalue weighted by Gasteiger charge is 2.17. The number of methoxy groups -OCH3 is 1. The highest BCUT2D eigenvalue weighted by atomic mass is 32.2. The molecule has 0 aliphatic carbocycles. The Balaban J connectivity index is 2.51. The molecule has 118 valence electrons. The Bertz CT molecular complexity index is 434. The Kier molecular flexibility index (Phi) is 7.61. The summed E-state index contributed by atoms with van der Waals surface area (Å²) in [6.45, 7) is 5.95.